The van der Waals surface area contributed by atoms with Crippen molar-refractivity contribution in [1.82, 2.24) is 4.98 Å². The Hall–Kier alpha value is -1.95. The van der Waals surface area contributed by atoms with Gasteiger partial charge in [-0.2, -0.15) is 0 Å². The molecule has 0 radical (unpaired) electrons. The fourth-order valence-electron chi connectivity index (χ4n) is 1.27. The number of hydrogen-bond acceptors (Lipinski definition) is 4. The summed E-state index contributed by atoms with van der Waals surface area (Å²) in [5, 5.41) is 10.8. The van der Waals surface area contributed by atoms with Crippen LogP contribution in [0.3, 0.4) is 0 Å². The summed E-state index contributed by atoms with van der Waals surface area (Å²) >= 11 is 3.25. The Morgan fingerprint density at radius 3 is 2.76 bits per heavy atom. The van der Waals surface area contributed by atoms with E-state index in [0.29, 0.717) is 5.75 Å². The van der Waals surface area contributed by atoms with Crippen molar-refractivity contribution in [2.75, 3.05) is 0 Å². The van der Waals surface area contributed by atoms with E-state index in [1.165, 1.54) is 12.3 Å². The smallest absolute Gasteiger partial charge is 0.311 e. The van der Waals surface area contributed by atoms with Gasteiger partial charge in [0.1, 0.15) is 5.75 Å². The maximum Gasteiger partial charge on any atom is 0.311 e. The lowest BCUT2D eigenvalue weighted by atomic mass is 10.3. The van der Waals surface area contributed by atoms with Gasteiger partial charge in [0.05, 0.1) is 11.1 Å². The van der Waals surface area contributed by atoms with Crippen molar-refractivity contribution >= 4 is 21.6 Å². The van der Waals surface area contributed by atoms with Crippen LogP contribution in [-0.2, 0) is 0 Å². The number of ether oxygens (including phenoxy) is 1. The van der Waals surface area contributed by atoms with Crippen molar-refractivity contribution in [3.05, 3.63) is 57.3 Å². The van der Waals surface area contributed by atoms with Gasteiger partial charge in [-0.3, -0.25) is 15.1 Å². The third kappa shape index (κ3) is 2.79. The van der Waals surface area contributed by atoms with Crippen LogP contribution >= 0.6 is 15.9 Å². The Kier molecular flexibility index (Phi) is 3.34. The molecule has 1 aromatic heterocycles. The average molecular weight is 295 g/mol. The van der Waals surface area contributed by atoms with E-state index in [-0.39, 0.29) is 11.4 Å². The molecular formula is C11H7BrN2O3. The van der Waals surface area contributed by atoms with Crippen molar-refractivity contribution in [2.24, 2.45) is 0 Å². The van der Waals surface area contributed by atoms with Gasteiger partial charge in [-0.15, -0.1) is 0 Å². The number of pyridine rings is 1. The number of hydrogen-bond donors (Lipinski definition) is 0. The molecule has 0 aliphatic heterocycles. The van der Waals surface area contributed by atoms with Gasteiger partial charge < -0.3 is 4.74 Å². The molecule has 6 heteroatoms. The Balaban J connectivity index is 2.33. The quantitative estimate of drug-likeness (QED) is 0.641. The zero-order valence-electron chi connectivity index (χ0n) is 8.54. The molecule has 1 heterocycles. The van der Waals surface area contributed by atoms with Gasteiger partial charge in [0.25, 0.3) is 0 Å². The number of nitrogens with zero attached hydrogens (tertiary/aromatic N) is 2. The number of nitro groups is 1. The molecule has 2 rings (SSSR count). The number of rotatable bonds is 3. The van der Waals surface area contributed by atoms with Crippen LogP contribution in [0.4, 0.5) is 5.69 Å². The summed E-state index contributed by atoms with van der Waals surface area (Å²) in [5.74, 6) is 0.631. The Morgan fingerprint density at radius 1 is 1.29 bits per heavy atom. The first-order valence-electron chi connectivity index (χ1n) is 4.68. The molecule has 1 aromatic carbocycles. The zero-order valence-corrected chi connectivity index (χ0v) is 10.1. The SMILES string of the molecule is O=[N+]([O-])c1ccccc1Oc1cncc(Br)c1. The predicted molar refractivity (Wildman–Crippen MR) is 65.1 cm³/mol. The number of para-hydroxylation sites is 2. The second-order valence-electron chi connectivity index (χ2n) is 3.17. The van der Waals surface area contributed by atoms with E-state index in [4.69, 9.17) is 4.74 Å². The normalized spacial score (nSPS) is 9.94. The molecule has 0 saturated heterocycles. The van der Waals surface area contributed by atoms with E-state index in [1.54, 1.807) is 30.5 Å². The number of nitro benzene ring substituents is 1. The minimum Gasteiger partial charge on any atom is -0.448 e. The van der Waals surface area contributed by atoms with Gasteiger partial charge in [0, 0.05) is 16.7 Å². The molecule has 0 amide bonds. The molecule has 0 atom stereocenters. The molecule has 0 saturated carbocycles. The summed E-state index contributed by atoms with van der Waals surface area (Å²) in [7, 11) is 0. The summed E-state index contributed by atoms with van der Waals surface area (Å²) in [6.45, 7) is 0. The number of benzene rings is 1. The lowest BCUT2D eigenvalue weighted by Crippen LogP contribution is -1.93. The van der Waals surface area contributed by atoms with E-state index in [2.05, 4.69) is 20.9 Å². The molecule has 17 heavy (non-hydrogen) atoms. The van der Waals surface area contributed by atoms with Crippen LogP contribution in [0.25, 0.3) is 0 Å². The lowest BCUT2D eigenvalue weighted by Gasteiger charge is -2.05. The van der Waals surface area contributed by atoms with Gasteiger partial charge in [0.15, 0.2) is 0 Å². The van der Waals surface area contributed by atoms with Crippen LogP contribution in [-0.4, -0.2) is 9.91 Å². The summed E-state index contributed by atoms with van der Waals surface area (Å²) in [5.41, 5.74) is -0.0764. The molecule has 86 valence electrons. The second-order valence-corrected chi connectivity index (χ2v) is 4.08. The van der Waals surface area contributed by atoms with Crippen molar-refractivity contribution < 1.29 is 9.66 Å². The molecule has 0 aliphatic carbocycles. The van der Waals surface area contributed by atoms with E-state index < -0.39 is 4.92 Å². The van der Waals surface area contributed by atoms with Crippen molar-refractivity contribution in [3.63, 3.8) is 0 Å². The third-order valence-corrected chi connectivity index (χ3v) is 2.40. The second kappa shape index (κ2) is 4.92. The van der Waals surface area contributed by atoms with Gasteiger partial charge in [-0.1, -0.05) is 12.1 Å². The molecule has 5 nitrogen and oxygen atoms in total. The molecule has 0 bridgehead atoms. The maximum absolute atomic E-state index is 10.8. The monoisotopic (exact) mass is 294 g/mol. The molecule has 0 unspecified atom stereocenters. The molecule has 0 fully saturated rings. The zero-order chi connectivity index (χ0) is 12.3. The molecule has 0 N–H and O–H groups in total. The first-order valence-corrected chi connectivity index (χ1v) is 5.48. The van der Waals surface area contributed by atoms with Crippen molar-refractivity contribution in [1.29, 1.82) is 0 Å². The fourth-order valence-corrected chi connectivity index (χ4v) is 1.61. The standard InChI is InChI=1S/C11H7BrN2O3/c12-8-5-9(7-13-6-8)17-11-4-2-1-3-10(11)14(15)16/h1-7H. The van der Waals surface area contributed by atoms with Gasteiger partial charge in [-0.25, -0.2) is 0 Å². The van der Waals surface area contributed by atoms with Crippen molar-refractivity contribution in [3.8, 4) is 11.5 Å². The maximum atomic E-state index is 10.8. The lowest BCUT2D eigenvalue weighted by molar-refractivity contribution is -0.385. The van der Waals surface area contributed by atoms with E-state index >= 15 is 0 Å². The molecule has 2 aromatic rings. The van der Waals surface area contributed by atoms with Crippen LogP contribution in [0, 0.1) is 10.1 Å². The minimum absolute atomic E-state index is 0.0764. The van der Waals surface area contributed by atoms with Crippen LogP contribution < -0.4 is 4.74 Å². The summed E-state index contributed by atoms with van der Waals surface area (Å²) in [6.07, 6.45) is 3.09. The van der Waals surface area contributed by atoms with Crippen LogP contribution in [0.2, 0.25) is 0 Å². The summed E-state index contributed by atoms with van der Waals surface area (Å²) < 4.78 is 6.16. The Labute approximate surface area is 105 Å². The first kappa shape index (κ1) is 11.5. The van der Waals surface area contributed by atoms with E-state index in [9.17, 15) is 10.1 Å². The van der Waals surface area contributed by atoms with Gasteiger partial charge in [-0.05, 0) is 28.1 Å². The Morgan fingerprint density at radius 2 is 2.06 bits per heavy atom. The van der Waals surface area contributed by atoms with Crippen molar-refractivity contribution in [2.45, 2.75) is 0 Å². The summed E-state index contributed by atoms with van der Waals surface area (Å²) in [4.78, 5) is 14.2. The van der Waals surface area contributed by atoms with Crippen LogP contribution in [0.5, 0.6) is 11.5 Å². The molecular weight excluding hydrogens is 288 g/mol. The van der Waals surface area contributed by atoms with Gasteiger partial charge >= 0.3 is 5.69 Å². The third-order valence-electron chi connectivity index (χ3n) is 1.97. The average Bonchev–Trinajstić information content (AvgIpc) is 2.29. The van der Waals surface area contributed by atoms with Crippen LogP contribution in [0.15, 0.2) is 47.2 Å². The predicted octanol–water partition coefficient (Wildman–Crippen LogP) is 3.54. The van der Waals surface area contributed by atoms with Crippen LogP contribution in [0.1, 0.15) is 0 Å². The highest BCUT2D eigenvalue weighted by molar-refractivity contribution is 9.10. The van der Waals surface area contributed by atoms with Gasteiger partial charge in [0.2, 0.25) is 5.75 Å². The Bertz CT molecular complexity index is 560. The van der Waals surface area contributed by atoms with E-state index in [0.717, 1.165) is 4.47 Å². The topological polar surface area (TPSA) is 65.3 Å². The molecule has 0 spiro atoms. The highest BCUT2D eigenvalue weighted by atomic mass is 79.9. The highest BCUT2D eigenvalue weighted by Crippen LogP contribution is 2.31. The number of aromatic nitrogens is 1. The highest BCUT2D eigenvalue weighted by Gasteiger charge is 2.14. The fraction of sp³-hybridized carbons (Fsp3) is 0. The largest absolute Gasteiger partial charge is 0.448 e. The molecule has 0 aliphatic rings. The number of halogens is 1. The first-order chi connectivity index (χ1) is 8.16. The summed E-state index contributed by atoms with van der Waals surface area (Å²) in [6, 6.07) is 7.88. The minimum atomic E-state index is -0.485. The van der Waals surface area contributed by atoms with E-state index in [1.807, 2.05) is 0 Å².